The number of nitrogens with one attached hydrogen (secondary N) is 2. The van der Waals surface area contributed by atoms with Crippen molar-refractivity contribution in [1.29, 1.82) is 0 Å². The van der Waals surface area contributed by atoms with Gasteiger partial charge in [-0.05, 0) is 37.3 Å². The van der Waals surface area contributed by atoms with Crippen LogP contribution in [0.4, 0.5) is 17.5 Å². The number of carboxylic acid groups (broad SMARTS) is 1. The van der Waals surface area contributed by atoms with Crippen LogP contribution in [0.2, 0.25) is 0 Å². The van der Waals surface area contributed by atoms with Crippen molar-refractivity contribution in [3.63, 3.8) is 0 Å². The molecule has 9 heteroatoms. The van der Waals surface area contributed by atoms with Gasteiger partial charge in [-0.3, -0.25) is 9.78 Å². The Morgan fingerprint density at radius 3 is 2.71 bits per heavy atom. The van der Waals surface area contributed by atoms with Gasteiger partial charge in [0.2, 0.25) is 5.95 Å². The molecule has 0 amide bonds. The molecular weight excluding hydrogens is 376 g/mol. The SMILES string of the molecule is Cc1nc2cc(Nc3cc(-c4ccncc4)nc(NCC(=O)O)n3)ccc2s1. The van der Waals surface area contributed by atoms with Crippen LogP contribution in [0.15, 0.2) is 48.8 Å². The molecule has 0 aliphatic rings. The van der Waals surface area contributed by atoms with Crippen molar-refractivity contribution in [3.8, 4) is 11.3 Å². The Balaban J connectivity index is 1.69. The number of aryl methyl sites for hydroxylation is 1. The zero-order valence-electron chi connectivity index (χ0n) is 14.9. The van der Waals surface area contributed by atoms with E-state index in [2.05, 4.69) is 30.6 Å². The maximum absolute atomic E-state index is 10.9. The third-order valence-corrected chi connectivity index (χ3v) is 4.82. The standard InChI is InChI=1S/C19H16N6O2S/c1-11-22-15-8-13(2-3-16(15)28-11)23-17-9-14(12-4-6-20-7-5-12)24-19(25-17)21-10-18(26)27/h2-9H,10H2,1H3,(H,26,27)(H2,21,23,24,25). The smallest absolute Gasteiger partial charge is 0.322 e. The molecule has 0 saturated heterocycles. The Hall–Kier alpha value is -3.59. The highest BCUT2D eigenvalue weighted by Gasteiger charge is 2.09. The number of pyridine rings is 1. The van der Waals surface area contributed by atoms with Gasteiger partial charge in [0.15, 0.2) is 0 Å². The number of carbonyl (C=O) groups is 1. The minimum Gasteiger partial charge on any atom is -0.480 e. The lowest BCUT2D eigenvalue weighted by Crippen LogP contribution is -2.15. The molecule has 0 fully saturated rings. The van der Waals surface area contributed by atoms with Crippen molar-refractivity contribution < 1.29 is 9.90 Å². The van der Waals surface area contributed by atoms with Crippen molar-refractivity contribution in [1.82, 2.24) is 19.9 Å². The molecule has 4 rings (SSSR count). The summed E-state index contributed by atoms with van der Waals surface area (Å²) < 4.78 is 1.12. The fourth-order valence-electron chi connectivity index (χ4n) is 2.68. The van der Waals surface area contributed by atoms with Gasteiger partial charge >= 0.3 is 5.97 Å². The molecule has 8 nitrogen and oxygen atoms in total. The first-order valence-corrected chi connectivity index (χ1v) is 9.28. The van der Waals surface area contributed by atoms with E-state index in [1.807, 2.05) is 37.3 Å². The number of aromatic nitrogens is 4. The summed E-state index contributed by atoms with van der Waals surface area (Å²) in [7, 11) is 0. The first kappa shape index (κ1) is 17.8. The fraction of sp³-hybridized carbons (Fsp3) is 0.105. The molecule has 3 N–H and O–H groups in total. The molecule has 140 valence electrons. The maximum Gasteiger partial charge on any atom is 0.322 e. The van der Waals surface area contributed by atoms with Crippen molar-refractivity contribution in [3.05, 3.63) is 53.8 Å². The number of anilines is 3. The molecule has 1 aromatic carbocycles. The zero-order valence-corrected chi connectivity index (χ0v) is 15.7. The van der Waals surface area contributed by atoms with Gasteiger partial charge in [-0.1, -0.05) is 0 Å². The van der Waals surface area contributed by atoms with Crippen molar-refractivity contribution >= 4 is 45.0 Å². The largest absolute Gasteiger partial charge is 0.480 e. The van der Waals surface area contributed by atoms with E-state index in [9.17, 15) is 4.79 Å². The summed E-state index contributed by atoms with van der Waals surface area (Å²) in [6.07, 6.45) is 3.35. The zero-order chi connectivity index (χ0) is 19.5. The van der Waals surface area contributed by atoms with Gasteiger partial charge < -0.3 is 15.7 Å². The number of benzene rings is 1. The summed E-state index contributed by atoms with van der Waals surface area (Å²) in [4.78, 5) is 28.2. The van der Waals surface area contributed by atoms with Crippen LogP contribution in [-0.2, 0) is 4.79 Å². The second-order valence-electron chi connectivity index (χ2n) is 5.99. The quantitative estimate of drug-likeness (QED) is 0.455. The molecule has 0 aliphatic carbocycles. The predicted octanol–water partition coefficient (Wildman–Crippen LogP) is 3.70. The Kier molecular flexibility index (Phi) is 4.81. The third-order valence-electron chi connectivity index (χ3n) is 3.87. The molecule has 0 atom stereocenters. The van der Waals surface area contributed by atoms with Crippen LogP contribution in [0.1, 0.15) is 5.01 Å². The van der Waals surface area contributed by atoms with E-state index in [0.29, 0.717) is 11.5 Å². The molecule has 4 aromatic rings. The average Bonchev–Trinajstić information content (AvgIpc) is 3.06. The second-order valence-corrected chi connectivity index (χ2v) is 7.22. The Bertz CT molecular complexity index is 1150. The van der Waals surface area contributed by atoms with Crippen LogP contribution in [0.5, 0.6) is 0 Å². The monoisotopic (exact) mass is 392 g/mol. The number of rotatable bonds is 6. The number of hydrogen-bond acceptors (Lipinski definition) is 8. The number of fused-ring (bicyclic) bond motifs is 1. The van der Waals surface area contributed by atoms with Gasteiger partial charge in [-0.2, -0.15) is 4.98 Å². The number of carboxylic acids is 1. The van der Waals surface area contributed by atoms with Crippen LogP contribution >= 0.6 is 11.3 Å². The Morgan fingerprint density at radius 1 is 1.11 bits per heavy atom. The summed E-state index contributed by atoms with van der Waals surface area (Å²) >= 11 is 1.64. The van der Waals surface area contributed by atoms with E-state index in [-0.39, 0.29) is 12.5 Å². The summed E-state index contributed by atoms with van der Waals surface area (Å²) in [6.45, 7) is 1.70. The highest BCUT2D eigenvalue weighted by atomic mass is 32.1. The minimum absolute atomic E-state index is 0.227. The summed E-state index contributed by atoms with van der Waals surface area (Å²) in [5, 5.41) is 15.9. The van der Waals surface area contributed by atoms with E-state index < -0.39 is 5.97 Å². The average molecular weight is 392 g/mol. The van der Waals surface area contributed by atoms with Gasteiger partial charge in [0.05, 0.1) is 20.9 Å². The molecule has 0 aliphatic heterocycles. The lowest BCUT2D eigenvalue weighted by atomic mass is 10.2. The molecule has 0 radical (unpaired) electrons. The molecule has 3 heterocycles. The first-order chi connectivity index (χ1) is 13.6. The van der Waals surface area contributed by atoms with Crippen molar-refractivity contribution in [2.24, 2.45) is 0 Å². The summed E-state index contributed by atoms with van der Waals surface area (Å²) in [6, 6.07) is 11.4. The number of nitrogens with zero attached hydrogens (tertiary/aromatic N) is 4. The first-order valence-electron chi connectivity index (χ1n) is 8.46. The van der Waals surface area contributed by atoms with Gasteiger partial charge in [0.25, 0.3) is 0 Å². The lowest BCUT2D eigenvalue weighted by molar-refractivity contribution is -0.134. The van der Waals surface area contributed by atoms with Crippen LogP contribution in [0, 0.1) is 6.92 Å². The highest BCUT2D eigenvalue weighted by molar-refractivity contribution is 7.18. The van der Waals surface area contributed by atoms with Gasteiger partial charge in [-0.25, -0.2) is 9.97 Å². The molecule has 0 spiro atoms. The van der Waals surface area contributed by atoms with E-state index in [1.54, 1.807) is 29.8 Å². The van der Waals surface area contributed by atoms with Crippen LogP contribution in [0.3, 0.4) is 0 Å². The van der Waals surface area contributed by atoms with E-state index in [1.165, 1.54) is 0 Å². The molecule has 3 aromatic heterocycles. The molecule has 0 saturated carbocycles. The van der Waals surface area contributed by atoms with E-state index >= 15 is 0 Å². The van der Waals surface area contributed by atoms with Gasteiger partial charge in [-0.15, -0.1) is 11.3 Å². The fourth-order valence-corrected chi connectivity index (χ4v) is 3.49. The lowest BCUT2D eigenvalue weighted by Gasteiger charge is -2.11. The topological polar surface area (TPSA) is 113 Å². The number of hydrogen-bond donors (Lipinski definition) is 3. The van der Waals surface area contributed by atoms with Crippen molar-refractivity contribution in [2.45, 2.75) is 6.92 Å². The van der Waals surface area contributed by atoms with Crippen LogP contribution < -0.4 is 10.6 Å². The summed E-state index contributed by atoms with van der Waals surface area (Å²) in [5.74, 6) is -0.220. The van der Waals surface area contributed by atoms with E-state index in [0.717, 1.165) is 26.5 Å². The molecule has 28 heavy (non-hydrogen) atoms. The van der Waals surface area contributed by atoms with Crippen molar-refractivity contribution in [2.75, 3.05) is 17.2 Å². The maximum atomic E-state index is 10.9. The van der Waals surface area contributed by atoms with Crippen LogP contribution in [-0.4, -0.2) is 37.6 Å². The summed E-state index contributed by atoms with van der Waals surface area (Å²) in [5.41, 5.74) is 3.25. The molecule has 0 bridgehead atoms. The Morgan fingerprint density at radius 2 is 1.93 bits per heavy atom. The highest BCUT2D eigenvalue weighted by Crippen LogP contribution is 2.27. The third kappa shape index (κ3) is 4.04. The van der Waals surface area contributed by atoms with Gasteiger partial charge in [0.1, 0.15) is 12.4 Å². The minimum atomic E-state index is -0.989. The van der Waals surface area contributed by atoms with E-state index in [4.69, 9.17) is 5.11 Å². The Labute approximate surface area is 164 Å². The predicted molar refractivity (Wildman–Crippen MR) is 109 cm³/mol. The molecule has 0 unspecified atom stereocenters. The number of aliphatic carboxylic acids is 1. The number of thiazole rings is 1. The normalized spacial score (nSPS) is 10.8. The second kappa shape index (κ2) is 7.57. The van der Waals surface area contributed by atoms with Crippen LogP contribution in [0.25, 0.3) is 21.5 Å². The molecular formula is C19H16N6O2S. The van der Waals surface area contributed by atoms with Gasteiger partial charge in [0, 0.05) is 29.7 Å².